The van der Waals surface area contributed by atoms with Crippen molar-refractivity contribution in [1.82, 2.24) is 9.97 Å². The second-order valence-corrected chi connectivity index (χ2v) is 4.15. The fourth-order valence-corrected chi connectivity index (χ4v) is 1.46. The predicted molar refractivity (Wildman–Crippen MR) is 66.1 cm³/mol. The van der Waals surface area contributed by atoms with Gasteiger partial charge in [0.2, 0.25) is 0 Å². The number of rotatable bonds is 3. The topological polar surface area (TPSA) is 61.0 Å². The molecule has 0 fully saturated rings. The van der Waals surface area contributed by atoms with Gasteiger partial charge in [0.05, 0.1) is 23.5 Å². The van der Waals surface area contributed by atoms with Crippen molar-refractivity contribution in [2.45, 2.75) is 13.0 Å². The van der Waals surface area contributed by atoms with Crippen LogP contribution in [0.5, 0.6) is 11.5 Å². The molecule has 0 unspecified atom stereocenters. The van der Waals surface area contributed by atoms with Gasteiger partial charge in [0.1, 0.15) is 17.4 Å². The Balaban J connectivity index is 2.15. The zero-order chi connectivity index (χ0) is 13.1. The first-order valence-electron chi connectivity index (χ1n) is 5.26. The van der Waals surface area contributed by atoms with E-state index in [0.29, 0.717) is 17.3 Å². The summed E-state index contributed by atoms with van der Waals surface area (Å²) >= 11 is 5.64. The van der Waals surface area contributed by atoms with Crippen LogP contribution in [0.2, 0.25) is 5.02 Å². The molecule has 6 heteroatoms. The zero-order valence-corrected chi connectivity index (χ0v) is 10.4. The first kappa shape index (κ1) is 12.7. The molecular formula is C12H11ClFN3O. The zero-order valence-electron chi connectivity index (χ0n) is 9.60. The summed E-state index contributed by atoms with van der Waals surface area (Å²) in [6.45, 7) is 1.79. The van der Waals surface area contributed by atoms with Gasteiger partial charge in [-0.3, -0.25) is 0 Å². The number of aromatic nitrogens is 2. The van der Waals surface area contributed by atoms with Crippen molar-refractivity contribution in [3.8, 4) is 11.5 Å². The van der Waals surface area contributed by atoms with Crippen molar-refractivity contribution in [2.24, 2.45) is 5.73 Å². The van der Waals surface area contributed by atoms with Crippen LogP contribution < -0.4 is 10.5 Å². The molecule has 1 atom stereocenters. The van der Waals surface area contributed by atoms with Gasteiger partial charge in [0, 0.05) is 6.07 Å². The van der Waals surface area contributed by atoms with Crippen molar-refractivity contribution >= 4 is 11.6 Å². The smallest absolute Gasteiger partial charge is 0.164 e. The molecule has 94 valence electrons. The molecule has 18 heavy (non-hydrogen) atoms. The normalized spacial score (nSPS) is 12.2. The van der Waals surface area contributed by atoms with E-state index in [4.69, 9.17) is 22.1 Å². The Hall–Kier alpha value is -1.72. The molecule has 0 saturated carbocycles. The van der Waals surface area contributed by atoms with Crippen LogP contribution >= 0.6 is 11.6 Å². The standard InChI is InChI=1S/C12H11ClFN3O/c1-7(15)12-16-5-9(6-17-12)18-8-2-3-11(14)10(13)4-8/h2-7H,15H2,1H3/t7-/m0/s1. The average Bonchev–Trinajstić information content (AvgIpc) is 2.34. The molecule has 0 radical (unpaired) electrons. The van der Waals surface area contributed by atoms with Crippen LogP contribution in [-0.4, -0.2) is 9.97 Å². The molecule has 0 aliphatic carbocycles. The van der Waals surface area contributed by atoms with E-state index in [1.54, 1.807) is 6.92 Å². The summed E-state index contributed by atoms with van der Waals surface area (Å²) in [6.07, 6.45) is 3.01. The lowest BCUT2D eigenvalue weighted by Crippen LogP contribution is -2.09. The van der Waals surface area contributed by atoms with E-state index in [2.05, 4.69) is 9.97 Å². The molecule has 1 aromatic heterocycles. The first-order valence-corrected chi connectivity index (χ1v) is 5.64. The van der Waals surface area contributed by atoms with E-state index in [9.17, 15) is 4.39 Å². The summed E-state index contributed by atoms with van der Waals surface area (Å²) in [5.74, 6) is 0.882. The molecule has 0 amide bonds. The highest BCUT2D eigenvalue weighted by Gasteiger charge is 2.05. The second-order valence-electron chi connectivity index (χ2n) is 3.74. The van der Waals surface area contributed by atoms with Crippen LogP contribution in [-0.2, 0) is 0 Å². The minimum absolute atomic E-state index is 0.000573. The van der Waals surface area contributed by atoms with Crippen molar-refractivity contribution in [1.29, 1.82) is 0 Å². The molecule has 1 aromatic carbocycles. The third kappa shape index (κ3) is 2.94. The van der Waals surface area contributed by atoms with E-state index in [1.807, 2.05) is 0 Å². The minimum atomic E-state index is -0.493. The Labute approximate surface area is 109 Å². The lowest BCUT2D eigenvalue weighted by molar-refractivity contribution is 0.473. The van der Waals surface area contributed by atoms with E-state index in [0.717, 1.165) is 0 Å². The molecule has 2 N–H and O–H groups in total. The maximum Gasteiger partial charge on any atom is 0.164 e. The van der Waals surface area contributed by atoms with Crippen LogP contribution in [0.1, 0.15) is 18.8 Å². The molecule has 0 aliphatic rings. The summed E-state index contributed by atoms with van der Waals surface area (Å²) in [4.78, 5) is 8.09. The second kappa shape index (κ2) is 5.29. The Kier molecular flexibility index (Phi) is 3.74. The Morgan fingerprint density at radius 3 is 2.50 bits per heavy atom. The molecule has 1 heterocycles. The average molecular weight is 268 g/mol. The van der Waals surface area contributed by atoms with E-state index in [1.165, 1.54) is 30.6 Å². The van der Waals surface area contributed by atoms with Crippen molar-refractivity contribution in [3.63, 3.8) is 0 Å². The Morgan fingerprint density at radius 1 is 1.28 bits per heavy atom. The fraction of sp³-hybridized carbons (Fsp3) is 0.167. The maximum absolute atomic E-state index is 13.0. The maximum atomic E-state index is 13.0. The number of nitrogens with two attached hydrogens (primary N) is 1. The van der Waals surface area contributed by atoms with Gasteiger partial charge in [-0.1, -0.05) is 11.6 Å². The lowest BCUT2D eigenvalue weighted by atomic mass is 10.3. The van der Waals surface area contributed by atoms with Crippen molar-refractivity contribution in [3.05, 3.63) is 47.3 Å². The van der Waals surface area contributed by atoms with Gasteiger partial charge < -0.3 is 10.5 Å². The molecule has 0 aliphatic heterocycles. The first-order chi connectivity index (χ1) is 8.56. The summed E-state index contributed by atoms with van der Waals surface area (Å²) < 4.78 is 18.4. The fourth-order valence-electron chi connectivity index (χ4n) is 1.29. The molecule has 0 saturated heterocycles. The third-order valence-corrected chi connectivity index (χ3v) is 2.47. The number of halogens is 2. The van der Waals surface area contributed by atoms with Crippen LogP contribution in [0, 0.1) is 5.82 Å². The van der Waals surface area contributed by atoms with Gasteiger partial charge in [-0.2, -0.15) is 0 Å². The van der Waals surface area contributed by atoms with Gasteiger partial charge in [-0.25, -0.2) is 14.4 Å². The monoisotopic (exact) mass is 267 g/mol. The van der Waals surface area contributed by atoms with Crippen molar-refractivity contribution < 1.29 is 9.13 Å². The largest absolute Gasteiger partial charge is 0.454 e. The lowest BCUT2D eigenvalue weighted by Gasteiger charge is -2.07. The van der Waals surface area contributed by atoms with Gasteiger partial charge in [-0.05, 0) is 19.1 Å². The molecular weight excluding hydrogens is 257 g/mol. The summed E-state index contributed by atoms with van der Waals surface area (Å²) in [5.41, 5.74) is 5.63. The van der Waals surface area contributed by atoms with E-state index in [-0.39, 0.29) is 11.1 Å². The van der Waals surface area contributed by atoms with Gasteiger partial charge in [0.15, 0.2) is 5.75 Å². The SMILES string of the molecule is C[C@H](N)c1ncc(Oc2ccc(F)c(Cl)c2)cn1. The Morgan fingerprint density at radius 2 is 1.94 bits per heavy atom. The van der Waals surface area contributed by atoms with Gasteiger partial charge in [0.25, 0.3) is 0 Å². The van der Waals surface area contributed by atoms with Gasteiger partial charge >= 0.3 is 0 Å². The molecule has 2 aromatic rings. The quantitative estimate of drug-likeness (QED) is 0.928. The third-order valence-electron chi connectivity index (χ3n) is 2.18. The minimum Gasteiger partial charge on any atom is -0.454 e. The van der Waals surface area contributed by atoms with Crippen LogP contribution in [0.4, 0.5) is 4.39 Å². The molecule has 4 nitrogen and oxygen atoms in total. The predicted octanol–water partition coefficient (Wildman–Crippen LogP) is 3.08. The number of hydrogen-bond acceptors (Lipinski definition) is 4. The molecule has 0 spiro atoms. The van der Waals surface area contributed by atoms with Crippen LogP contribution in [0.25, 0.3) is 0 Å². The summed E-state index contributed by atoms with van der Waals surface area (Å²) in [6, 6.07) is 3.85. The number of ether oxygens (including phenoxy) is 1. The van der Waals surface area contributed by atoms with Crippen molar-refractivity contribution in [2.75, 3.05) is 0 Å². The van der Waals surface area contributed by atoms with E-state index >= 15 is 0 Å². The van der Waals surface area contributed by atoms with Crippen LogP contribution in [0.3, 0.4) is 0 Å². The molecule has 0 bridgehead atoms. The number of hydrogen-bond donors (Lipinski definition) is 1. The van der Waals surface area contributed by atoms with E-state index < -0.39 is 5.82 Å². The van der Waals surface area contributed by atoms with Crippen LogP contribution in [0.15, 0.2) is 30.6 Å². The summed E-state index contributed by atoms with van der Waals surface area (Å²) in [5, 5.41) is 0.000573. The molecule has 2 rings (SSSR count). The highest BCUT2D eigenvalue weighted by atomic mass is 35.5. The number of nitrogens with zero attached hydrogens (tertiary/aromatic N) is 2. The highest BCUT2D eigenvalue weighted by molar-refractivity contribution is 6.30. The summed E-state index contributed by atoms with van der Waals surface area (Å²) in [7, 11) is 0. The Bertz CT molecular complexity index is 546. The highest BCUT2D eigenvalue weighted by Crippen LogP contribution is 2.25. The van der Waals surface area contributed by atoms with Gasteiger partial charge in [-0.15, -0.1) is 0 Å². The number of benzene rings is 1.